The summed E-state index contributed by atoms with van der Waals surface area (Å²) >= 11 is 0. The van der Waals surface area contributed by atoms with Gasteiger partial charge in [-0.2, -0.15) is 8.42 Å². The van der Waals surface area contributed by atoms with Crippen LogP contribution in [-0.4, -0.2) is 28.6 Å². The van der Waals surface area contributed by atoms with Crippen molar-refractivity contribution in [1.29, 1.82) is 0 Å². The van der Waals surface area contributed by atoms with Gasteiger partial charge in [-0.1, -0.05) is 31.2 Å². The molecule has 0 bridgehead atoms. The van der Waals surface area contributed by atoms with Gasteiger partial charge >= 0.3 is 10.2 Å². The molecule has 1 aliphatic rings. The lowest BCUT2D eigenvalue weighted by Gasteiger charge is -2.24. The molecule has 0 spiro atoms. The molecule has 2 aromatic rings. The third-order valence-corrected chi connectivity index (χ3v) is 5.74. The van der Waals surface area contributed by atoms with Gasteiger partial charge in [0.15, 0.2) is 0 Å². The van der Waals surface area contributed by atoms with Crippen LogP contribution in [0.15, 0.2) is 48.5 Å². The molecule has 2 aromatic carbocycles. The Morgan fingerprint density at radius 1 is 1.04 bits per heavy atom. The van der Waals surface area contributed by atoms with Crippen LogP contribution in [0.2, 0.25) is 0 Å². The number of benzene rings is 2. The van der Waals surface area contributed by atoms with Crippen LogP contribution in [0.5, 0.6) is 0 Å². The van der Waals surface area contributed by atoms with E-state index in [-0.39, 0.29) is 24.0 Å². The average Bonchev–Trinajstić information content (AvgIpc) is 2.76. The summed E-state index contributed by atoms with van der Waals surface area (Å²) in [6.07, 6.45) is 0. The molecule has 0 saturated carbocycles. The Hall–Kier alpha value is -1.83. The van der Waals surface area contributed by atoms with E-state index < -0.39 is 16.0 Å². The van der Waals surface area contributed by atoms with Crippen LogP contribution in [0, 0.1) is 11.7 Å². The molecule has 136 valence electrons. The van der Waals surface area contributed by atoms with E-state index in [9.17, 15) is 12.8 Å². The Balaban J connectivity index is 0.00000225. The van der Waals surface area contributed by atoms with E-state index in [4.69, 9.17) is 0 Å². The minimum Gasteiger partial charge on any atom is -0.319 e. The van der Waals surface area contributed by atoms with Crippen molar-refractivity contribution in [1.82, 2.24) is 5.32 Å². The molecule has 0 fully saturated rings. The highest BCUT2D eigenvalue weighted by molar-refractivity contribution is 7.95. The Bertz CT molecular complexity index is 847. The zero-order valence-electron chi connectivity index (χ0n) is 14.0. The zero-order valence-corrected chi connectivity index (χ0v) is 15.6. The molecule has 8 heteroatoms. The molecule has 0 amide bonds. The summed E-state index contributed by atoms with van der Waals surface area (Å²) in [6, 6.07) is 12.9. The first kappa shape index (κ1) is 19.5. The maximum atomic E-state index is 14.3. The van der Waals surface area contributed by atoms with Crippen molar-refractivity contribution >= 4 is 39.7 Å². The lowest BCUT2D eigenvalue weighted by Crippen LogP contribution is -2.39. The lowest BCUT2D eigenvalue weighted by atomic mass is 10.1. The Morgan fingerprint density at radius 2 is 1.60 bits per heavy atom. The Labute approximate surface area is 154 Å². The van der Waals surface area contributed by atoms with Crippen LogP contribution in [0.4, 0.5) is 21.5 Å². The van der Waals surface area contributed by atoms with Gasteiger partial charge in [-0.3, -0.25) is 4.31 Å². The highest BCUT2D eigenvalue weighted by Crippen LogP contribution is 2.45. The molecule has 1 N–H and O–H groups in total. The first-order chi connectivity index (χ1) is 11.5. The first-order valence-corrected chi connectivity index (χ1v) is 9.17. The number of fused-ring (bicyclic) bond motifs is 1. The van der Waals surface area contributed by atoms with E-state index in [1.165, 1.54) is 16.4 Å². The quantitative estimate of drug-likeness (QED) is 0.859. The van der Waals surface area contributed by atoms with Gasteiger partial charge < -0.3 is 5.32 Å². The Morgan fingerprint density at radius 3 is 2.20 bits per heavy atom. The van der Waals surface area contributed by atoms with Gasteiger partial charge in [0.2, 0.25) is 0 Å². The summed E-state index contributed by atoms with van der Waals surface area (Å²) in [7, 11) is -2.05. The summed E-state index contributed by atoms with van der Waals surface area (Å²) in [5, 5.41) is 3.05. The molecule has 0 aliphatic carbocycles. The third kappa shape index (κ3) is 3.44. The number of hydrogen-bond acceptors (Lipinski definition) is 3. The van der Waals surface area contributed by atoms with Gasteiger partial charge in [0.1, 0.15) is 5.82 Å². The largest absolute Gasteiger partial charge is 0.331 e. The summed E-state index contributed by atoms with van der Waals surface area (Å²) in [5.74, 6) is -0.459. The minimum atomic E-state index is -3.88. The maximum absolute atomic E-state index is 14.3. The fourth-order valence-corrected chi connectivity index (χ4v) is 4.80. The monoisotopic (exact) mass is 385 g/mol. The van der Waals surface area contributed by atoms with Crippen LogP contribution in [0.1, 0.15) is 6.92 Å². The third-order valence-electron chi connectivity index (χ3n) is 3.98. The first-order valence-electron chi connectivity index (χ1n) is 7.78. The van der Waals surface area contributed by atoms with Crippen molar-refractivity contribution in [2.24, 2.45) is 5.92 Å². The van der Waals surface area contributed by atoms with Gasteiger partial charge in [-0.05, 0) is 43.8 Å². The summed E-state index contributed by atoms with van der Waals surface area (Å²) in [5.41, 5.74) is 1.08. The minimum absolute atomic E-state index is 0. The molecule has 1 aliphatic heterocycles. The highest BCUT2D eigenvalue weighted by Gasteiger charge is 2.42. The standard InChI is InChI=1S/C17H20FN3O2S.ClH/c1-13(11-19-2)12-20-16-9-5-6-10-17(16)21(24(20,22)23)15-8-4-3-7-14(15)18;/h3-10,13,19H,11-12H2,1-2H3;1H/t13-;/m0./s1. The van der Waals surface area contributed by atoms with E-state index in [0.29, 0.717) is 24.5 Å². The zero-order chi connectivity index (χ0) is 17.3. The van der Waals surface area contributed by atoms with E-state index in [0.717, 1.165) is 4.31 Å². The average molecular weight is 386 g/mol. The number of rotatable bonds is 5. The molecule has 1 heterocycles. The Kier molecular flexibility index (Phi) is 5.92. The summed E-state index contributed by atoms with van der Waals surface area (Å²) in [6.45, 7) is 2.99. The van der Waals surface area contributed by atoms with Gasteiger partial charge in [-0.25, -0.2) is 8.70 Å². The molecular weight excluding hydrogens is 365 g/mol. The van der Waals surface area contributed by atoms with Crippen LogP contribution in [-0.2, 0) is 10.2 Å². The van der Waals surface area contributed by atoms with Crippen LogP contribution < -0.4 is 13.9 Å². The molecule has 0 aromatic heterocycles. The number of anilines is 3. The number of halogens is 2. The number of nitrogens with zero attached hydrogens (tertiary/aromatic N) is 2. The molecule has 3 rings (SSSR count). The molecule has 1 atom stereocenters. The smallest absolute Gasteiger partial charge is 0.319 e. The highest BCUT2D eigenvalue weighted by atomic mass is 35.5. The van der Waals surface area contributed by atoms with E-state index in [1.54, 1.807) is 36.4 Å². The van der Waals surface area contributed by atoms with Crippen molar-refractivity contribution in [3.63, 3.8) is 0 Å². The fourth-order valence-electron chi connectivity index (χ4n) is 2.95. The van der Waals surface area contributed by atoms with E-state index in [2.05, 4.69) is 5.32 Å². The molecule has 0 saturated heterocycles. The second-order valence-electron chi connectivity index (χ2n) is 5.91. The molecule has 0 radical (unpaired) electrons. The van der Waals surface area contributed by atoms with Crippen LogP contribution >= 0.6 is 12.4 Å². The summed E-state index contributed by atoms with van der Waals surface area (Å²) in [4.78, 5) is 0. The lowest BCUT2D eigenvalue weighted by molar-refractivity contribution is 0.542. The number of para-hydroxylation sites is 3. The van der Waals surface area contributed by atoms with Crippen LogP contribution in [0.25, 0.3) is 0 Å². The number of hydrogen-bond donors (Lipinski definition) is 1. The van der Waals surface area contributed by atoms with Gasteiger partial charge in [0.05, 0.1) is 17.1 Å². The van der Waals surface area contributed by atoms with Gasteiger partial charge in [-0.15, -0.1) is 12.4 Å². The second kappa shape index (κ2) is 7.59. The van der Waals surface area contributed by atoms with Crippen molar-refractivity contribution < 1.29 is 12.8 Å². The van der Waals surface area contributed by atoms with Crippen molar-refractivity contribution in [2.45, 2.75) is 6.92 Å². The maximum Gasteiger partial charge on any atom is 0.331 e. The van der Waals surface area contributed by atoms with E-state index in [1.807, 2.05) is 14.0 Å². The fraction of sp³-hybridized carbons (Fsp3) is 0.294. The molecule has 25 heavy (non-hydrogen) atoms. The molecule has 5 nitrogen and oxygen atoms in total. The van der Waals surface area contributed by atoms with Gasteiger partial charge in [0, 0.05) is 6.54 Å². The van der Waals surface area contributed by atoms with Crippen molar-refractivity contribution in [3.05, 3.63) is 54.3 Å². The topological polar surface area (TPSA) is 52.6 Å². The SMILES string of the molecule is CNC[C@H](C)CN1c2ccccc2N(c2ccccc2F)S1(=O)=O.Cl. The second-order valence-corrected chi connectivity index (χ2v) is 7.61. The normalized spacial score (nSPS) is 16.3. The van der Waals surface area contributed by atoms with Crippen molar-refractivity contribution in [2.75, 3.05) is 28.7 Å². The van der Waals surface area contributed by atoms with Crippen molar-refractivity contribution in [3.8, 4) is 0 Å². The van der Waals surface area contributed by atoms with E-state index >= 15 is 0 Å². The van der Waals surface area contributed by atoms with Gasteiger partial charge in [0.25, 0.3) is 0 Å². The molecular formula is C17H21ClFN3O2S. The summed E-state index contributed by atoms with van der Waals surface area (Å²) < 4.78 is 42.9. The number of nitrogens with one attached hydrogen (secondary N) is 1. The predicted octanol–water partition coefficient (Wildman–Crippen LogP) is 3.31. The molecule has 0 unspecified atom stereocenters. The van der Waals surface area contributed by atoms with Crippen LogP contribution in [0.3, 0.4) is 0 Å². The predicted molar refractivity (Wildman–Crippen MR) is 102 cm³/mol.